The molecule has 1 aliphatic carbocycles. The zero-order valence-corrected chi connectivity index (χ0v) is 16.3. The van der Waals surface area contributed by atoms with Gasteiger partial charge in [-0.15, -0.1) is 0 Å². The maximum absolute atomic E-state index is 13.6. The van der Waals surface area contributed by atoms with E-state index in [0.29, 0.717) is 17.7 Å². The lowest BCUT2D eigenvalue weighted by molar-refractivity contribution is -0.152. The molecule has 5 nitrogen and oxygen atoms in total. The van der Waals surface area contributed by atoms with Gasteiger partial charge in [0.25, 0.3) is 0 Å². The number of thiophene rings is 1. The molecule has 1 aromatic carbocycles. The first-order valence-electron chi connectivity index (χ1n) is 9.41. The fourth-order valence-corrected chi connectivity index (χ4v) is 4.94. The summed E-state index contributed by atoms with van der Waals surface area (Å²) in [6.07, 6.45) is 0.647. The van der Waals surface area contributed by atoms with Crippen LogP contribution in [0.2, 0.25) is 0 Å². The highest BCUT2D eigenvalue weighted by Crippen LogP contribution is 2.45. The zero-order chi connectivity index (χ0) is 19.7. The molecule has 0 bridgehead atoms. The monoisotopic (exact) mass is 395 g/mol. The Kier molecular flexibility index (Phi) is 5.13. The Bertz CT molecular complexity index is 933. The normalized spacial score (nSPS) is 24.5. The van der Waals surface area contributed by atoms with Crippen molar-refractivity contribution >= 4 is 29.0 Å². The first-order valence-corrected chi connectivity index (χ1v) is 10.3. The third-order valence-electron chi connectivity index (χ3n) is 5.44. The highest BCUT2D eigenvalue weighted by Gasteiger charge is 2.47. The summed E-state index contributed by atoms with van der Waals surface area (Å²) in [4.78, 5) is 38.7. The van der Waals surface area contributed by atoms with Crippen molar-refractivity contribution in [3.63, 3.8) is 0 Å². The van der Waals surface area contributed by atoms with Crippen LogP contribution in [-0.2, 0) is 19.1 Å². The number of amides is 1. The van der Waals surface area contributed by atoms with E-state index in [4.69, 9.17) is 4.74 Å². The molecule has 144 valence electrons. The Morgan fingerprint density at radius 3 is 2.61 bits per heavy atom. The van der Waals surface area contributed by atoms with Crippen LogP contribution in [0, 0.1) is 5.92 Å². The lowest BCUT2D eigenvalue weighted by Gasteiger charge is -2.37. The highest BCUT2D eigenvalue weighted by atomic mass is 32.1. The van der Waals surface area contributed by atoms with Crippen LogP contribution in [0.25, 0.3) is 0 Å². The van der Waals surface area contributed by atoms with E-state index < -0.39 is 11.9 Å². The maximum atomic E-state index is 13.6. The van der Waals surface area contributed by atoms with Gasteiger partial charge in [0.05, 0.1) is 6.61 Å². The number of hydrogen-bond acceptors (Lipinski definition) is 5. The first-order chi connectivity index (χ1) is 13.6. The van der Waals surface area contributed by atoms with Crippen molar-refractivity contribution in [2.75, 3.05) is 6.61 Å². The molecule has 0 fully saturated rings. The lowest BCUT2D eigenvalue weighted by Crippen LogP contribution is -2.44. The average molecular weight is 395 g/mol. The van der Waals surface area contributed by atoms with E-state index in [9.17, 15) is 14.4 Å². The maximum Gasteiger partial charge on any atom is 0.317 e. The van der Waals surface area contributed by atoms with Gasteiger partial charge in [-0.1, -0.05) is 30.3 Å². The van der Waals surface area contributed by atoms with Crippen molar-refractivity contribution in [2.24, 2.45) is 5.92 Å². The Morgan fingerprint density at radius 2 is 1.93 bits per heavy atom. The molecule has 3 unspecified atom stereocenters. The minimum atomic E-state index is -0.891. The minimum Gasteiger partial charge on any atom is -0.465 e. The second kappa shape index (κ2) is 7.72. The molecule has 2 aromatic rings. The molecule has 0 saturated carbocycles. The number of ether oxygens (including phenoxy) is 1. The Balaban J connectivity index is 1.81. The quantitative estimate of drug-likeness (QED) is 0.635. The van der Waals surface area contributed by atoms with Gasteiger partial charge < -0.3 is 10.1 Å². The summed E-state index contributed by atoms with van der Waals surface area (Å²) in [5, 5.41) is 6.80. The van der Waals surface area contributed by atoms with E-state index in [1.807, 2.05) is 47.2 Å². The van der Waals surface area contributed by atoms with Crippen molar-refractivity contribution in [3.8, 4) is 0 Å². The van der Waals surface area contributed by atoms with Crippen LogP contribution in [0.4, 0.5) is 0 Å². The Hall–Kier alpha value is -2.73. The fourth-order valence-electron chi connectivity index (χ4n) is 4.23. The second-order valence-corrected chi connectivity index (χ2v) is 7.85. The average Bonchev–Trinajstić information content (AvgIpc) is 3.22. The topological polar surface area (TPSA) is 72.5 Å². The summed E-state index contributed by atoms with van der Waals surface area (Å²) < 4.78 is 5.26. The van der Waals surface area contributed by atoms with Gasteiger partial charge in [-0.3, -0.25) is 14.4 Å². The molecule has 6 heteroatoms. The lowest BCUT2D eigenvalue weighted by atomic mass is 9.68. The predicted octanol–water partition coefficient (Wildman–Crippen LogP) is 3.54. The highest BCUT2D eigenvalue weighted by molar-refractivity contribution is 7.08. The van der Waals surface area contributed by atoms with Crippen LogP contribution in [0.3, 0.4) is 0 Å². The smallest absolute Gasteiger partial charge is 0.317 e. The van der Waals surface area contributed by atoms with Gasteiger partial charge in [0.2, 0.25) is 5.91 Å². The van der Waals surface area contributed by atoms with E-state index in [2.05, 4.69) is 5.32 Å². The van der Waals surface area contributed by atoms with Crippen molar-refractivity contribution in [1.29, 1.82) is 0 Å². The van der Waals surface area contributed by atoms with Crippen molar-refractivity contribution in [1.82, 2.24) is 5.32 Å². The van der Waals surface area contributed by atoms with Crippen molar-refractivity contribution in [3.05, 3.63) is 69.6 Å². The minimum absolute atomic E-state index is 0.0934. The standard InChI is InChI=1S/C22H21NO4S/c1-2-27-22(26)20-15(13-6-4-3-5-7-13)10-17-19(21(20)25)16(11-18(24)23-17)14-8-9-28-12-14/h3-9,12,15-16,20H,2,10-11H2,1H3,(H,23,24). The molecule has 1 amide bonds. The third kappa shape index (κ3) is 3.29. The van der Waals surface area contributed by atoms with Crippen LogP contribution in [-0.4, -0.2) is 24.3 Å². The SMILES string of the molecule is CCOC(=O)C1C(=O)C2=C(CC1c1ccccc1)NC(=O)CC2c1ccsc1. The number of hydrogen-bond donors (Lipinski definition) is 1. The van der Waals surface area contributed by atoms with Crippen LogP contribution in [0.5, 0.6) is 0 Å². The van der Waals surface area contributed by atoms with E-state index >= 15 is 0 Å². The fraction of sp³-hybridized carbons (Fsp3) is 0.318. The summed E-state index contributed by atoms with van der Waals surface area (Å²) in [5.41, 5.74) is 3.05. The molecule has 2 aliphatic rings. The summed E-state index contributed by atoms with van der Waals surface area (Å²) >= 11 is 1.53. The molecule has 28 heavy (non-hydrogen) atoms. The number of allylic oxidation sites excluding steroid dienone is 2. The Labute approximate surface area is 167 Å². The second-order valence-electron chi connectivity index (χ2n) is 7.07. The Morgan fingerprint density at radius 1 is 1.14 bits per heavy atom. The molecular formula is C22H21NO4S. The molecule has 0 radical (unpaired) electrons. The van der Waals surface area contributed by atoms with Gasteiger partial charge in [0.15, 0.2) is 5.78 Å². The van der Waals surface area contributed by atoms with Gasteiger partial charge >= 0.3 is 5.97 Å². The largest absolute Gasteiger partial charge is 0.465 e. The number of Topliss-reactive ketones (excluding diaryl/α,β-unsaturated/α-hetero) is 1. The molecule has 1 aliphatic heterocycles. The van der Waals surface area contributed by atoms with Gasteiger partial charge in [0, 0.05) is 29.5 Å². The van der Waals surface area contributed by atoms with E-state index in [0.717, 1.165) is 11.1 Å². The molecule has 1 aromatic heterocycles. The molecule has 3 atom stereocenters. The van der Waals surface area contributed by atoms with Gasteiger partial charge in [-0.05, 0) is 41.3 Å². The summed E-state index contributed by atoms with van der Waals surface area (Å²) in [7, 11) is 0. The molecule has 4 rings (SSSR count). The van der Waals surface area contributed by atoms with Crippen molar-refractivity contribution in [2.45, 2.75) is 31.6 Å². The van der Waals surface area contributed by atoms with Crippen LogP contribution < -0.4 is 5.32 Å². The summed E-state index contributed by atoms with van der Waals surface area (Å²) in [5.74, 6) is -2.37. The van der Waals surface area contributed by atoms with Gasteiger partial charge in [0.1, 0.15) is 5.92 Å². The number of carbonyl (C=O) groups excluding carboxylic acids is 3. The van der Waals surface area contributed by atoms with E-state index in [1.165, 1.54) is 11.3 Å². The van der Waals surface area contributed by atoms with Crippen LogP contribution >= 0.6 is 11.3 Å². The number of benzene rings is 1. The molecule has 0 saturated heterocycles. The third-order valence-corrected chi connectivity index (χ3v) is 6.14. The van der Waals surface area contributed by atoms with Gasteiger partial charge in [-0.2, -0.15) is 11.3 Å². The summed E-state index contributed by atoms with van der Waals surface area (Å²) in [6.45, 7) is 1.96. The van der Waals surface area contributed by atoms with Crippen LogP contribution in [0.1, 0.15) is 42.7 Å². The number of nitrogens with one attached hydrogen (secondary N) is 1. The molecule has 0 spiro atoms. The zero-order valence-electron chi connectivity index (χ0n) is 15.5. The molecule has 2 heterocycles. The molecule has 1 N–H and O–H groups in total. The summed E-state index contributed by atoms with van der Waals surface area (Å²) in [6, 6.07) is 11.4. The molecular weight excluding hydrogens is 374 g/mol. The van der Waals surface area contributed by atoms with E-state index in [-0.39, 0.29) is 36.6 Å². The van der Waals surface area contributed by atoms with Crippen LogP contribution in [0.15, 0.2) is 58.4 Å². The number of esters is 1. The first kappa shape index (κ1) is 18.6. The van der Waals surface area contributed by atoms with Gasteiger partial charge in [-0.25, -0.2) is 0 Å². The number of carbonyl (C=O) groups is 3. The van der Waals surface area contributed by atoms with Crippen molar-refractivity contribution < 1.29 is 19.1 Å². The number of rotatable bonds is 4. The predicted molar refractivity (Wildman–Crippen MR) is 106 cm³/mol. The van der Waals surface area contributed by atoms with E-state index in [1.54, 1.807) is 6.92 Å². The number of ketones is 1.